The molecule has 3 heterocycles. The van der Waals surface area contributed by atoms with Crippen LogP contribution in [0, 0.1) is 5.92 Å². The third-order valence-electron chi connectivity index (χ3n) is 3.94. The summed E-state index contributed by atoms with van der Waals surface area (Å²) < 4.78 is 6.18. The minimum atomic E-state index is -0.350. The second-order valence-electron chi connectivity index (χ2n) is 6.38. The predicted octanol–water partition coefficient (Wildman–Crippen LogP) is 3.74. The molecule has 0 atom stereocenters. The smallest absolute Gasteiger partial charge is 0.283 e. The summed E-state index contributed by atoms with van der Waals surface area (Å²) in [6.07, 6.45) is 3.51. The van der Waals surface area contributed by atoms with Gasteiger partial charge < -0.3 is 5.73 Å². The Labute approximate surface area is 158 Å². The van der Waals surface area contributed by atoms with Crippen molar-refractivity contribution in [2.45, 2.75) is 19.0 Å². The first-order valence-electron chi connectivity index (χ1n) is 8.20. The van der Waals surface area contributed by atoms with Crippen LogP contribution in [0.4, 0.5) is 11.5 Å². The molecular weight excluding hydrogens is 366 g/mol. The number of aliphatic imine (C=N–C) groups is 1. The highest BCUT2D eigenvalue weighted by Gasteiger charge is 2.18. The molecule has 0 radical (unpaired) electrons. The number of nitrogens with zero attached hydrogens (tertiary/aromatic N) is 4. The third kappa shape index (κ3) is 2.95. The Morgan fingerprint density at radius 3 is 2.96 bits per heavy atom. The molecule has 0 saturated carbocycles. The van der Waals surface area contributed by atoms with Gasteiger partial charge in [0.05, 0.1) is 11.3 Å². The number of para-hydroxylation sites is 1. The highest BCUT2D eigenvalue weighted by atomic mass is 32.2. The molecule has 2 aromatic heterocycles. The van der Waals surface area contributed by atoms with Gasteiger partial charge >= 0.3 is 0 Å². The normalized spacial score (nSPS) is 14.7. The third-order valence-corrected chi connectivity index (χ3v) is 6.12. The zero-order valence-electron chi connectivity index (χ0n) is 14.3. The van der Waals surface area contributed by atoms with E-state index in [1.54, 1.807) is 28.5 Å². The van der Waals surface area contributed by atoms with Crippen LogP contribution in [0.1, 0.15) is 25.0 Å². The van der Waals surface area contributed by atoms with Crippen LogP contribution in [0.2, 0.25) is 0 Å². The average molecular weight is 384 g/mol. The molecule has 0 unspecified atom stereocenters. The fraction of sp³-hybridized carbons (Fsp3) is 0.222. The molecule has 0 aliphatic carbocycles. The Hall–Kier alpha value is -2.45. The zero-order chi connectivity index (χ0) is 18.3. The van der Waals surface area contributed by atoms with Gasteiger partial charge in [-0.2, -0.15) is 9.36 Å². The van der Waals surface area contributed by atoms with Gasteiger partial charge in [0.15, 0.2) is 5.16 Å². The molecule has 132 valence electrons. The molecule has 0 spiro atoms. The predicted molar refractivity (Wildman–Crippen MR) is 110 cm³/mol. The standard InChI is InChI=1S/C18H17N5OS2/c1-10(2)9-25-18-22-26-17-21-16(24)13(15(19)23(17)18)7-11-8-20-14-6-4-3-5-12(11)14/h3-8,10H,9,19H2,1-2H3/b11-7+. The Kier molecular flexibility index (Phi) is 4.37. The maximum Gasteiger partial charge on any atom is 0.283 e. The Morgan fingerprint density at radius 1 is 1.35 bits per heavy atom. The number of rotatable bonds is 4. The van der Waals surface area contributed by atoms with Gasteiger partial charge in [0, 0.05) is 34.6 Å². The Bertz CT molecular complexity index is 1110. The maximum atomic E-state index is 12.5. The van der Waals surface area contributed by atoms with Gasteiger partial charge in [0.2, 0.25) is 4.96 Å². The van der Waals surface area contributed by atoms with Gasteiger partial charge in [-0.15, -0.1) is 0 Å². The molecule has 0 amide bonds. The van der Waals surface area contributed by atoms with Crippen LogP contribution in [0.15, 0.2) is 39.2 Å². The number of thioether (sulfide) groups is 1. The summed E-state index contributed by atoms with van der Waals surface area (Å²) in [6, 6.07) is 7.80. The molecule has 0 saturated heterocycles. The number of benzene rings is 1. The van der Waals surface area contributed by atoms with Crippen molar-refractivity contribution in [1.82, 2.24) is 13.8 Å². The van der Waals surface area contributed by atoms with Gasteiger partial charge in [-0.25, -0.2) is 4.40 Å². The van der Waals surface area contributed by atoms with E-state index in [0.29, 0.717) is 22.3 Å². The lowest BCUT2D eigenvalue weighted by Crippen LogP contribution is -2.16. The van der Waals surface area contributed by atoms with E-state index in [4.69, 9.17) is 5.73 Å². The highest BCUT2D eigenvalue weighted by Crippen LogP contribution is 2.33. The van der Waals surface area contributed by atoms with E-state index in [-0.39, 0.29) is 5.56 Å². The van der Waals surface area contributed by atoms with Crippen molar-refractivity contribution in [2.24, 2.45) is 10.9 Å². The minimum Gasteiger partial charge on any atom is -0.384 e. The number of allylic oxidation sites excluding steroid dienone is 1. The van der Waals surface area contributed by atoms with E-state index in [9.17, 15) is 4.79 Å². The van der Waals surface area contributed by atoms with E-state index in [1.807, 2.05) is 24.3 Å². The first-order chi connectivity index (χ1) is 12.5. The van der Waals surface area contributed by atoms with Crippen molar-refractivity contribution in [3.05, 3.63) is 45.7 Å². The number of fused-ring (bicyclic) bond motifs is 2. The van der Waals surface area contributed by atoms with Crippen molar-refractivity contribution in [3.8, 4) is 0 Å². The van der Waals surface area contributed by atoms with E-state index in [0.717, 1.165) is 27.7 Å². The molecule has 1 aliphatic rings. The van der Waals surface area contributed by atoms with Gasteiger partial charge in [0.25, 0.3) is 5.56 Å². The van der Waals surface area contributed by atoms with E-state index in [1.165, 1.54) is 11.5 Å². The summed E-state index contributed by atoms with van der Waals surface area (Å²) in [7, 11) is 0. The van der Waals surface area contributed by atoms with Crippen LogP contribution >= 0.6 is 23.3 Å². The number of nitrogen functional groups attached to an aromatic ring is 1. The summed E-state index contributed by atoms with van der Waals surface area (Å²) >= 11 is 2.81. The van der Waals surface area contributed by atoms with E-state index in [2.05, 4.69) is 28.2 Å². The highest BCUT2D eigenvalue weighted by molar-refractivity contribution is 7.99. The lowest BCUT2D eigenvalue weighted by atomic mass is 10.1. The molecule has 8 heteroatoms. The van der Waals surface area contributed by atoms with Crippen molar-refractivity contribution in [2.75, 3.05) is 11.5 Å². The summed E-state index contributed by atoms with van der Waals surface area (Å²) in [4.78, 5) is 21.6. The maximum absolute atomic E-state index is 12.5. The van der Waals surface area contributed by atoms with E-state index < -0.39 is 0 Å². The number of aromatic nitrogens is 3. The van der Waals surface area contributed by atoms with Crippen molar-refractivity contribution in [1.29, 1.82) is 0 Å². The number of nitrogens with two attached hydrogens (primary N) is 1. The number of hydrogen-bond acceptors (Lipinski definition) is 7. The molecule has 4 rings (SSSR count). The SMILES string of the molecule is CC(C)CSc1nsc2nc(=O)c(/C=C3\C=Nc4ccccc43)c(N)n12. The van der Waals surface area contributed by atoms with Crippen LogP contribution in [0.25, 0.3) is 16.6 Å². The van der Waals surface area contributed by atoms with Crippen molar-refractivity contribution >= 4 is 57.6 Å². The number of hydrogen-bond donors (Lipinski definition) is 1. The summed E-state index contributed by atoms with van der Waals surface area (Å²) in [6.45, 7) is 4.30. The van der Waals surface area contributed by atoms with Gasteiger partial charge in [-0.1, -0.05) is 43.8 Å². The van der Waals surface area contributed by atoms with Crippen LogP contribution in [-0.4, -0.2) is 25.7 Å². The molecule has 3 aromatic rings. The Balaban J connectivity index is 1.84. The second-order valence-corrected chi connectivity index (χ2v) is 8.10. The molecule has 0 bridgehead atoms. The topological polar surface area (TPSA) is 85.6 Å². The monoisotopic (exact) mass is 383 g/mol. The summed E-state index contributed by atoms with van der Waals surface area (Å²) in [5.41, 5.74) is 9.09. The Morgan fingerprint density at radius 2 is 2.15 bits per heavy atom. The van der Waals surface area contributed by atoms with Gasteiger partial charge in [-0.3, -0.25) is 9.79 Å². The number of anilines is 1. The molecule has 1 aliphatic heterocycles. The van der Waals surface area contributed by atoms with Gasteiger partial charge in [0.1, 0.15) is 5.82 Å². The zero-order valence-corrected chi connectivity index (χ0v) is 16.0. The van der Waals surface area contributed by atoms with Crippen LogP contribution in [0.5, 0.6) is 0 Å². The molecule has 6 nitrogen and oxygen atoms in total. The van der Waals surface area contributed by atoms with Crippen molar-refractivity contribution in [3.63, 3.8) is 0 Å². The quantitative estimate of drug-likeness (QED) is 0.694. The molecule has 0 fully saturated rings. The molecule has 26 heavy (non-hydrogen) atoms. The summed E-state index contributed by atoms with van der Waals surface area (Å²) in [5.74, 6) is 1.81. The average Bonchev–Trinajstić information content (AvgIpc) is 3.21. The molecule has 1 aromatic carbocycles. The second kappa shape index (κ2) is 6.69. The lowest BCUT2D eigenvalue weighted by Gasteiger charge is -2.07. The van der Waals surface area contributed by atoms with Crippen molar-refractivity contribution < 1.29 is 0 Å². The van der Waals surface area contributed by atoms with Gasteiger partial charge in [-0.05, 0) is 18.1 Å². The van der Waals surface area contributed by atoms with Crippen LogP contribution in [-0.2, 0) is 0 Å². The minimum absolute atomic E-state index is 0.350. The molecular formula is C18H17N5OS2. The fourth-order valence-electron chi connectivity index (χ4n) is 2.67. The van der Waals surface area contributed by atoms with E-state index >= 15 is 0 Å². The van der Waals surface area contributed by atoms with Crippen LogP contribution in [0.3, 0.4) is 0 Å². The molecule has 2 N–H and O–H groups in total. The largest absolute Gasteiger partial charge is 0.384 e. The van der Waals surface area contributed by atoms with Crippen LogP contribution < -0.4 is 11.3 Å². The first-order valence-corrected chi connectivity index (χ1v) is 9.96. The fourth-order valence-corrected chi connectivity index (χ4v) is 4.48. The lowest BCUT2D eigenvalue weighted by molar-refractivity contribution is 0.747. The first kappa shape index (κ1) is 17.0. The summed E-state index contributed by atoms with van der Waals surface area (Å²) in [5, 5.41) is 0.767.